The topological polar surface area (TPSA) is 113 Å². The fraction of sp³-hybridized carbons (Fsp3) is 0.576. The van der Waals surface area contributed by atoms with Gasteiger partial charge in [-0.05, 0) is 89.2 Å². The molecule has 1 aliphatic carbocycles. The molecule has 11 heteroatoms. The van der Waals surface area contributed by atoms with E-state index in [-0.39, 0.29) is 34.6 Å². The second-order valence-corrected chi connectivity index (χ2v) is 12.5. The number of aryl methyl sites for hydroxylation is 1. The zero-order valence-electron chi connectivity index (χ0n) is 25.8. The number of aromatic hydroxyl groups is 1. The molecule has 3 saturated heterocycles. The Hall–Kier alpha value is -3.73. The first kappa shape index (κ1) is 30.3. The number of piperidine rings is 1. The van der Waals surface area contributed by atoms with Gasteiger partial charge in [-0.15, -0.1) is 0 Å². The summed E-state index contributed by atoms with van der Waals surface area (Å²) in [5, 5.41) is 13.5. The summed E-state index contributed by atoms with van der Waals surface area (Å²) in [5.74, 6) is -0.0302. The van der Waals surface area contributed by atoms with Gasteiger partial charge in [0.15, 0.2) is 5.82 Å². The average molecular weight is 607 g/mol. The minimum absolute atomic E-state index is 0.0146. The summed E-state index contributed by atoms with van der Waals surface area (Å²) in [5.41, 5.74) is 1.46. The molecule has 44 heavy (non-hydrogen) atoms. The maximum Gasteiger partial charge on any atom is 0.407 e. The largest absolute Gasteiger partial charge is 0.508 e. The molecule has 4 fully saturated rings. The van der Waals surface area contributed by atoms with Gasteiger partial charge in [-0.1, -0.05) is 19.3 Å². The Bertz CT molecular complexity index is 1470. The second-order valence-electron chi connectivity index (χ2n) is 12.5. The molecule has 236 valence electrons. The molecule has 2 N–H and O–H groups in total. The van der Waals surface area contributed by atoms with Gasteiger partial charge in [-0.25, -0.2) is 9.18 Å². The van der Waals surface area contributed by atoms with Crippen LogP contribution in [0.15, 0.2) is 24.4 Å². The van der Waals surface area contributed by atoms with E-state index in [1.807, 2.05) is 11.8 Å². The Morgan fingerprint density at radius 2 is 1.86 bits per heavy atom. The zero-order chi connectivity index (χ0) is 30.7. The van der Waals surface area contributed by atoms with E-state index in [9.17, 15) is 9.90 Å². The van der Waals surface area contributed by atoms with E-state index in [4.69, 9.17) is 14.5 Å². The van der Waals surface area contributed by atoms with Crippen molar-refractivity contribution >= 4 is 22.8 Å². The predicted molar refractivity (Wildman–Crippen MR) is 167 cm³/mol. The van der Waals surface area contributed by atoms with E-state index in [2.05, 4.69) is 20.2 Å². The highest BCUT2D eigenvalue weighted by Crippen LogP contribution is 2.40. The van der Waals surface area contributed by atoms with Crippen molar-refractivity contribution in [3.63, 3.8) is 0 Å². The number of carbonyl (C=O) groups is 1. The fourth-order valence-corrected chi connectivity index (χ4v) is 6.71. The van der Waals surface area contributed by atoms with Crippen molar-refractivity contribution in [2.45, 2.75) is 83.2 Å². The van der Waals surface area contributed by atoms with Crippen LogP contribution in [0.5, 0.6) is 11.8 Å². The van der Waals surface area contributed by atoms with Crippen LogP contribution in [0.4, 0.5) is 15.0 Å². The summed E-state index contributed by atoms with van der Waals surface area (Å²) in [6.45, 7) is 7.66. The number of phenols is 1. The number of phenolic OH excluding ortho intramolecular Hbond substituents is 1. The van der Waals surface area contributed by atoms with Gasteiger partial charge in [0.2, 0.25) is 0 Å². The number of pyridine rings is 1. The first-order valence-electron chi connectivity index (χ1n) is 16.1. The molecule has 2 aromatic heterocycles. The molecule has 1 unspecified atom stereocenters. The molecule has 1 saturated carbocycles. The first-order valence-corrected chi connectivity index (χ1v) is 16.1. The van der Waals surface area contributed by atoms with E-state index in [1.54, 1.807) is 25.3 Å². The fourth-order valence-electron chi connectivity index (χ4n) is 6.71. The monoisotopic (exact) mass is 606 g/mol. The van der Waals surface area contributed by atoms with Crippen LogP contribution in [0.2, 0.25) is 0 Å². The minimum atomic E-state index is -0.597. The molecular weight excluding hydrogens is 563 g/mol. The lowest BCUT2D eigenvalue weighted by Gasteiger charge is -2.34. The van der Waals surface area contributed by atoms with Crippen molar-refractivity contribution in [2.24, 2.45) is 0 Å². The van der Waals surface area contributed by atoms with Gasteiger partial charge < -0.3 is 24.8 Å². The number of carbonyl (C=O) groups excluding carboxylic acids is 1. The molecule has 7 rings (SSSR count). The molecule has 10 nitrogen and oxygen atoms in total. The lowest BCUT2D eigenvalue weighted by molar-refractivity contribution is 0.108. The SMILES string of the molecule is C1CC1.CCOC(=O)NC1CCCN(c2nc(OCC34CCCN3CCC4)nc3c(F)c(-c4cc(C)cc(O)c4)ncc23)C1. The number of halogens is 1. The van der Waals surface area contributed by atoms with Crippen molar-refractivity contribution in [2.75, 3.05) is 44.3 Å². The molecule has 0 spiro atoms. The van der Waals surface area contributed by atoms with Gasteiger partial charge >= 0.3 is 12.1 Å². The third kappa shape index (κ3) is 6.67. The first-order chi connectivity index (χ1) is 21.3. The normalized spacial score (nSPS) is 20.5. The Morgan fingerprint density at radius 1 is 1.09 bits per heavy atom. The number of alkyl carbamates (subject to hydrolysis) is 1. The molecule has 1 aromatic carbocycles. The molecule has 3 aliphatic heterocycles. The third-order valence-corrected chi connectivity index (χ3v) is 8.93. The summed E-state index contributed by atoms with van der Waals surface area (Å²) in [7, 11) is 0. The molecule has 3 aromatic rings. The van der Waals surface area contributed by atoms with E-state index in [1.165, 1.54) is 25.3 Å². The number of fused-ring (bicyclic) bond motifs is 2. The number of anilines is 1. The van der Waals surface area contributed by atoms with Crippen LogP contribution in [0.25, 0.3) is 22.2 Å². The van der Waals surface area contributed by atoms with Crippen LogP contribution in [-0.2, 0) is 4.74 Å². The molecule has 1 atom stereocenters. The van der Waals surface area contributed by atoms with Crippen molar-refractivity contribution < 1.29 is 23.8 Å². The number of ether oxygens (including phenoxy) is 2. The Labute approximate surface area is 258 Å². The van der Waals surface area contributed by atoms with Gasteiger partial charge in [0.05, 0.1) is 17.5 Å². The molecule has 4 aliphatic rings. The van der Waals surface area contributed by atoms with E-state index in [0.717, 1.165) is 57.2 Å². The standard InChI is InChI=1S/C30H37FN6O4.C3H6/c1-3-40-29(39)33-21-7-4-10-36(17-21)27-23-16-32-25(20-13-19(2)14-22(38)15-20)24(31)26(23)34-28(35-27)41-18-30-8-5-11-37(30)12-6-9-30;1-2-3-1/h13-16,21,38H,3-12,17-18H2,1-2H3,(H,33,39);1-3H2. The zero-order valence-corrected chi connectivity index (χ0v) is 25.8. The maximum absolute atomic E-state index is 16.2. The van der Waals surface area contributed by atoms with Crippen LogP contribution < -0.4 is 15.0 Å². The highest BCUT2D eigenvalue weighted by molar-refractivity contribution is 5.92. The Kier molecular flexibility index (Phi) is 9.02. The minimum Gasteiger partial charge on any atom is -0.508 e. The van der Waals surface area contributed by atoms with Gasteiger partial charge in [-0.2, -0.15) is 9.97 Å². The van der Waals surface area contributed by atoms with E-state index >= 15 is 4.39 Å². The number of amides is 1. The summed E-state index contributed by atoms with van der Waals surface area (Å²) >= 11 is 0. The van der Waals surface area contributed by atoms with Crippen molar-refractivity contribution in [3.05, 3.63) is 35.8 Å². The number of hydrogen-bond donors (Lipinski definition) is 2. The summed E-state index contributed by atoms with van der Waals surface area (Å²) in [6.07, 6.45) is 11.7. The number of nitrogens with zero attached hydrogens (tertiary/aromatic N) is 5. The van der Waals surface area contributed by atoms with Crippen molar-refractivity contribution in [1.29, 1.82) is 0 Å². The van der Waals surface area contributed by atoms with Gasteiger partial charge in [0.1, 0.15) is 29.4 Å². The third-order valence-electron chi connectivity index (χ3n) is 8.93. The molecule has 0 bridgehead atoms. The highest BCUT2D eigenvalue weighted by atomic mass is 19.1. The van der Waals surface area contributed by atoms with Gasteiger partial charge in [0.25, 0.3) is 0 Å². The van der Waals surface area contributed by atoms with E-state index in [0.29, 0.717) is 43.1 Å². The lowest BCUT2D eigenvalue weighted by atomic mass is 9.95. The summed E-state index contributed by atoms with van der Waals surface area (Å²) < 4.78 is 27.6. The van der Waals surface area contributed by atoms with Crippen LogP contribution in [0, 0.1) is 12.7 Å². The average Bonchev–Trinajstić information content (AvgIpc) is 3.75. The summed E-state index contributed by atoms with van der Waals surface area (Å²) in [6, 6.07) is 4.87. The van der Waals surface area contributed by atoms with Crippen molar-refractivity contribution in [1.82, 2.24) is 25.2 Å². The Balaban J connectivity index is 0.00000108. The van der Waals surface area contributed by atoms with Crippen LogP contribution in [-0.4, -0.2) is 82.0 Å². The number of hydrogen-bond acceptors (Lipinski definition) is 9. The predicted octanol–water partition coefficient (Wildman–Crippen LogP) is 5.74. The number of nitrogens with one attached hydrogen (secondary N) is 1. The molecule has 0 radical (unpaired) electrons. The smallest absolute Gasteiger partial charge is 0.407 e. The molecule has 1 amide bonds. The number of aromatic nitrogens is 3. The van der Waals surface area contributed by atoms with Crippen LogP contribution in [0.3, 0.4) is 0 Å². The van der Waals surface area contributed by atoms with Gasteiger partial charge in [0, 0.05) is 30.9 Å². The quantitative estimate of drug-likeness (QED) is 0.348. The van der Waals surface area contributed by atoms with Crippen LogP contribution in [0.1, 0.15) is 70.3 Å². The second kappa shape index (κ2) is 13.1. The Morgan fingerprint density at radius 3 is 2.57 bits per heavy atom. The highest BCUT2D eigenvalue weighted by Gasteiger charge is 2.45. The van der Waals surface area contributed by atoms with E-state index < -0.39 is 11.9 Å². The number of benzene rings is 1. The van der Waals surface area contributed by atoms with Crippen molar-refractivity contribution in [3.8, 4) is 23.0 Å². The summed E-state index contributed by atoms with van der Waals surface area (Å²) in [4.78, 5) is 30.5. The molecular formula is C33H43FN6O4. The van der Waals surface area contributed by atoms with Gasteiger partial charge in [-0.3, -0.25) is 9.88 Å². The number of rotatable bonds is 7. The lowest BCUT2D eigenvalue weighted by Crippen LogP contribution is -2.48. The molecule has 5 heterocycles. The maximum atomic E-state index is 16.2. The van der Waals surface area contributed by atoms with Crippen LogP contribution >= 0.6 is 0 Å².